The summed E-state index contributed by atoms with van der Waals surface area (Å²) in [6.07, 6.45) is 2.27. The van der Waals surface area contributed by atoms with Gasteiger partial charge < -0.3 is 14.4 Å². The molecule has 1 fully saturated rings. The van der Waals surface area contributed by atoms with Crippen LogP contribution in [0.1, 0.15) is 62.1 Å². The molecule has 3 rings (SSSR count). The average molecular weight is 370 g/mol. The van der Waals surface area contributed by atoms with Crippen molar-refractivity contribution >= 4 is 22.8 Å². The molecule has 0 spiro atoms. The van der Waals surface area contributed by atoms with E-state index in [1.807, 2.05) is 42.0 Å². The van der Waals surface area contributed by atoms with Crippen molar-refractivity contribution in [1.29, 1.82) is 0 Å². The highest BCUT2D eigenvalue weighted by atomic mass is 16.2. The molecule has 0 radical (unpaired) electrons. The molecule has 2 aromatic rings. The zero-order valence-corrected chi connectivity index (χ0v) is 16.9. The van der Waals surface area contributed by atoms with Gasteiger partial charge in [-0.15, -0.1) is 0 Å². The normalized spacial score (nSPS) is 15.4. The van der Waals surface area contributed by atoms with E-state index in [-0.39, 0.29) is 11.8 Å². The van der Waals surface area contributed by atoms with Gasteiger partial charge in [-0.2, -0.15) is 0 Å². The fraction of sp³-hybridized carbons (Fsp3) is 0.571. The number of imidazole rings is 1. The van der Waals surface area contributed by atoms with Crippen molar-refractivity contribution in [2.75, 3.05) is 26.2 Å². The van der Waals surface area contributed by atoms with Crippen LogP contribution in [-0.4, -0.2) is 57.3 Å². The Morgan fingerprint density at radius 3 is 2.52 bits per heavy atom. The summed E-state index contributed by atoms with van der Waals surface area (Å²) < 4.78 is 2.09. The molecule has 0 atom stereocenters. The number of carbonyl (C=O) groups excluding carboxylic acids is 2. The Labute approximate surface area is 161 Å². The zero-order chi connectivity index (χ0) is 19.6. The molecule has 1 aliphatic rings. The van der Waals surface area contributed by atoms with Crippen molar-refractivity contribution in [2.45, 2.75) is 46.0 Å². The van der Waals surface area contributed by atoms with Gasteiger partial charge in [-0.3, -0.25) is 9.59 Å². The van der Waals surface area contributed by atoms with Gasteiger partial charge in [0, 0.05) is 51.1 Å². The molecule has 6 heteroatoms. The lowest BCUT2D eigenvalue weighted by molar-refractivity contribution is -0.131. The van der Waals surface area contributed by atoms with Gasteiger partial charge >= 0.3 is 0 Å². The van der Waals surface area contributed by atoms with E-state index in [1.165, 1.54) is 0 Å². The quantitative estimate of drug-likeness (QED) is 0.831. The summed E-state index contributed by atoms with van der Waals surface area (Å²) in [6, 6.07) is 5.77. The molecule has 6 nitrogen and oxygen atoms in total. The topological polar surface area (TPSA) is 58.4 Å². The first-order chi connectivity index (χ1) is 12.9. The van der Waals surface area contributed by atoms with Crippen LogP contribution < -0.4 is 0 Å². The van der Waals surface area contributed by atoms with Gasteiger partial charge in [-0.05, 0) is 31.0 Å². The first kappa shape index (κ1) is 19.4. The van der Waals surface area contributed by atoms with Gasteiger partial charge in [0.05, 0.1) is 11.0 Å². The van der Waals surface area contributed by atoms with Gasteiger partial charge in [0.25, 0.3) is 5.91 Å². The smallest absolute Gasteiger partial charge is 0.253 e. The third-order valence-electron chi connectivity index (χ3n) is 5.28. The number of aromatic nitrogens is 2. The van der Waals surface area contributed by atoms with Crippen molar-refractivity contribution in [2.24, 2.45) is 7.05 Å². The molecular formula is C21H30N4O2. The van der Waals surface area contributed by atoms with Crippen LogP contribution in [0.2, 0.25) is 0 Å². The summed E-state index contributed by atoms with van der Waals surface area (Å²) in [6.45, 7) is 8.89. The number of rotatable bonds is 4. The highest BCUT2D eigenvalue weighted by Gasteiger charge is 2.23. The van der Waals surface area contributed by atoms with E-state index >= 15 is 0 Å². The minimum absolute atomic E-state index is 0.0263. The third-order valence-corrected chi connectivity index (χ3v) is 5.28. The molecule has 0 aliphatic carbocycles. The van der Waals surface area contributed by atoms with Crippen molar-refractivity contribution in [3.63, 3.8) is 0 Å². The average Bonchev–Trinajstić information content (AvgIpc) is 2.83. The summed E-state index contributed by atoms with van der Waals surface area (Å²) in [5, 5.41) is 0. The zero-order valence-electron chi connectivity index (χ0n) is 16.9. The van der Waals surface area contributed by atoms with E-state index in [4.69, 9.17) is 4.98 Å². The second kappa shape index (κ2) is 8.11. The summed E-state index contributed by atoms with van der Waals surface area (Å²) in [4.78, 5) is 33.6. The molecule has 2 amide bonds. The molecule has 2 heterocycles. The van der Waals surface area contributed by atoms with Crippen molar-refractivity contribution < 1.29 is 9.59 Å². The van der Waals surface area contributed by atoms with Gasteiger partial charge in [0.15, 0.2) is 0 Å². The molecule has 0 saturated carbocycles. The minimum atomic E-state index is 0.0263. The Kier molecular flexibility index (Phi) is 5.82. The monoisotopic (exact) mass is 370 g/mol. The molecule has 0 bridgehead atoms. The van der Waals surface area contributed by atoms with E-state index in [9.17, 15) is 9.59 Å². The summed E-state index contributed by atoms with van der Waals surface area (Å²) in [5.41, 5.74) is 2.58. The second-order valence-corrected chi connectivity index (χ2v) is 7.66. The van der Waals surface area contributed by atoms with Gasteiger partial charge in [-0.1, -0.05) is 20.8 Å². The minimum Gasteiger partial charge on any atom is -0.341 e. The van der Waals surface area contributed by atoms with Gasteiger partial charge in [-0.25, -0.2) is 4.98 Å². The lowest BCUT2D eigenvalue weighted by Gasteiger charge is -2.22. The lowest BCUT2D eigenvalue weighted by Crippen LogP contribution is -2.37. The first-order valence-electron chi connectivity index (χ1n) is 9.95. The predicted molar refractivity (Wildman–Crippen MR) is 107 cm³/mol. The molecule has 0 N–H and O–H groups in total. The summed E-state index contributed by atoms with van der Waals surface area (Å²) in [5.74, 6) is 1.58. The number of benzene rings is 1. The number of aryl methyl sites for hydroxylation is 1. The molecule has 0 unspecified atom stereocenters. The SMILES string of the molecule is CCCC(=O)N1CCCN(C(=O)c2ccc3c(c2)nc(C(C)C)n3C)CC1. The highest BCUT2D eigenvalue weighted by molar-refractivity contribution is 5.97. The highest BCUT2D eigenvalue weighted by Crippen LogP contribution is 2.22. The molecule has 27 heavy (non-hydrogen) atoms. The Morgan fingerprint density at radius 2 is 1.81 bits per heavy atom. The maximum absolute atomic E-state index is 13.0. The standard InChI is InChI=1S/C21H30N4O2/c1-5-7-19(26)24-10-6-11-25(13-12-24)21(27)16-8-9-18-17(14-16)22-20(15(2)3)23(18)4/h8-9,14-15H,5-7,10-13H2,1-4H3. The first-order valence-corrected chi connectivity index (χ1v) is 9.95. The van der Waals surface area contributed by atoms with Gasteiger partial charge in [0.2, 0.25) is 5.91 Å². The number of amides is 2. The third kappa shape index (κ3) is 3.99. The Morgan fingerprint density at radius 1 is 1.11 bits per heavy atom. The maximum Gasteiger partial charge on any atom is 0.253 e. The number of nitrogens with zero attached hydrogens (tertiary/aromatic N) is 4. The molecule has 1 aromatic carbocycles. The summed E-state index contributed by atoms with van der Waals surface area (Å²) in [7, 11) is 2.02. The van der Waals surface area contributed by atoms with Crippen molar-refractivity contribution in [3.05, 3.63) is 29.6 Å². The molecule has 1 aliphatic heterocycles. The van der Waals surface area contributed by atoms with Crippen LogP contribution in [-0.2, 0) is 11.8 Å². The maximum atomic E-state index is 13.0. The van der Waals surface area contributed by atoms with Crippen LogP contribution in [0.25, 0.3) is 11.0 Å². The molecular weight excluding hydrogens is 340 g/mol. The van der Waals surface area contributed by atoms with Crippen LogP contribution in [0, 0.1) is 0 Å². The van der Waals surface area contributed by atoms with Crippen LogP contribution in [0.4, 0.5) is 0 Å². The second-order valence-electron chi connectivity index (χ2n) is 7.66. The largest absolute Gasteiger partial charge is 0.341 e. The Bertz CT molecular complexity index is 840. The van der Waals surface area contributed by atoms with Crippen molar-refractivity contribution in [1.82, 2.24) is 19.4 Å². The number of hydrogen-bond donors (Lipinski definition) is 0. The number of fused-ring (bicyclic) bond motifs is 1. The van der Waals surface area contributed by atoms with Gasteiger partial charge in [0.1, 0.15) is 5.82 Å². The van der Waals surface area contributed by atoms with E-state index in [1.54, 1.807) is 0 Å². The summed E-state index contributed by atoms with van der Waals surface area (Å²) >= 11 is 0. The fourth-order valence-corrected chi connectivity index (χ4v) is 3.79. The molecule has 1 saturated heterocycles. The number of hydrogen-bond acceptors (Lipinski definition) is 3. The van der Waals surface area contributed by atoms with E-state index in [0.29, 0.717) is 37.5 Å². The Balaban J connectivity index is 1.76. The van der Waals surface area contributed by atoms with Crippen LogP contribution >= 0.6 is 0 Å². The van der Waals surface area contributed by atoms with Crippen LogP contribution in [0.15, 0.2) is 18.2 Å². The van der Waals surface area contributed by atoms with Crippen LogP contribution in [0.5, 0.6) is 0 Å². The predicted octanol–water partition coefficient (Wildman–Crippen LogP) is 3.17. The van der Waals surface area contributed by atoms with Crippen molar-refractivity contribution in [3.8, 4) is 0 Å². The number of carbonyl (C=O) groups is 2. The fourth-order valence-electron chi connectivity index (χ4n) is 3.79. The lowest BCUT2D eigenvalue weighted by atomic mass is 10.1. The van der Waals surface area contributed by atoms with E-state index in [0.717, 1.165) is 36.2 Å². The van der Waals surface area contributed by atoms with Crippen LogP contribution in [0.3, 0.4) is 0 Å². The molecule has 146 valence electrons. The Hall–Kier alpha value is -2.37. The van der Waals surface area contributed by atoms with E-state index < -0.39 is 0 Å². The van der Waals surface area contributed by atoms with E-state index in [2.05, 4.69) is 18.4 Å². The molecule has 1 aromatic heterocycles.